The Morgan fingerprint density at radius 1 is 0.800 bits per heavy atom. The van der Waals surface area contributed by atoms with Crippen molar-refractivity contribution >= 4 is 28.5 Å². The predicted molar refractivity (Wildman–Crippen MR) is 157 cm³/mol. The monoisotopic (exact) mass is 558 g/mol. The van der Waals surface area contributed by atoms with Gasteiger partial charge in [0, 0.05) is 0 Å². The number of carbonyl (C=O) groups excluding carboxylic acids is 1. The van der Waals surface area contributed by atoms with E-state index in [1.165, 1.54) is 11.8 Å². The molecule has 0 radical (unpaired) electrons. The Bertz CT molecular complexity index is 1360. The number of aliphatic hydroxyl groups excluding tert-OH is 1. The molecule has 208 valence electrons. The zero-order valence-electron chi connectivity index (χ0n) is 22.4. The van der Waals surface area contributed by atoms with E-state index in [-0.39, 0.29) is 13.2 Å². The Morgan fingerprint density at radius 3 is 2.23 bits per heavy atom. The van der Waals surface area contributed by atoms with E-state index in [0.717, 1.165) is 27.7 Å². The third-order valence-corrected chi connectivity index (χ3v) is 7.99. The molecule has 0 unspecified atom stereocenters. The predicted octanol–water partition coefficient (Wildman–Crippen LogP) is 6.01. The van der Waals surface area contributed by atoms with Gasteiger partial charge in [-0.15, -0.1) is 11.8 Å². The summed E-state index contributed by atoms with van der Waals surface area (Å²) in [7, 11) is 0. The third kappa shape index (κ3) is 6.74. The minimum Gasteiger partial charge on any atom is -0.452 e. The van der Waals surface area contributed by atoms with Gasteiger partial charge in [0.25, 0.3) is 0 Å². The maximum atomic E-state index is 13.2. The van der Waals surface area contributed by atoms with Crippen molar-refractivity contribution in [3.63, 3.8) is 0 Å². The van der Waals surface area contributed by atoms with Crippen molar-refractivity contribution in [2.45, 2.75) is 50.0 Å². The van der Waals surface area contributed by atoms with Crippen LogP contribution in [0.15, 0.2) is 103 Å². The summed E-state index contributed by atoms with van der Waals surface area (Å²) in [4.78, 5) is 13.2. The number of ether oxygens (including phenoxy) is 4. The van der Waals surface area contributed by atoms with Gasteiger partial charge in [0.2, 0.25) is 0 Å². The number of esters is 1. The lowest BCUT2D eigenvalue weighted by Gasteiger charge is -2.45. The van der Waals surface area contributed by atoms with Gasteiger partial charge < -0.3 is 24.1 Å². The first kappa shape index (κ1) is 28.3. The van der Waals surface area contributed by atoms with E-state index in [1.54, 1.807) is 24.3 Å². The summed E-state index contributed by atoms with van der Waals surface area (Å²) in [6.45, 7) is 2.33. The highest BCUT2D eigenvalue weighted by Gasteiger charge is 2.49. The van der Waals surface area contributed by atoms with Crippen LogP contribution in [0.1, 0.15) is 28.4 Å². The molecule has 0 aromatic heterocycles. The van der Waals surface area contributed by atoms with Gasteiger partial charge in [0.05, 0.1) is 25.4 Å². The summed E-state index contributed by atoms with van der Waals surface area (Å²) >= 11 is 1.51. The van der Waals surface area contributed by atoms with Gasteiger partial charge >= 0.3 is 5.97 Å². The van der Waals surface area contributed by atoms with Crippen molar-refractivity contribution in [2.24, 2.45) is 0 Å². The smallest absolute Gasteiger partial charge is 0.338 e. The molecule has 7 heteroatoms. The Labute approximate surface area is 239 Å². The van der Waals surface area contributed by atoms with Crippen LogP contribution in [0.3, 0.4) is 0 Å². The van der Waals surface area contributed by atoms with Gasteiger partial charge in [-0.25, -0.2) is 4.79 Å². The fourth-order valence-corrected chi connectivity index (χ4v) is 5.93. The number of thioether (sulfide) groups is 1. The van der Waals surface area contributed by atoms with E-state index in [1.807, 2.05) is 67.6 Å². The standard InChI is InChI=1S/C33H34O6S/c1-2-40-33-31(39-32(35)25-15-7-4-8-16-25)30(36-21-23-12-5-3-6-13-23)29(28(20-34)38-33)37-22-26-18-11-17-24-14-9-10-19-27(24)26/h3-19,28-31,33-34H,2,20-22H2,1H3/t28-,29-,30+,31-,33+/m1/s1. The molecule has 1 fully saturated rings. The molecule has 0 spiro atoms. The summed E-state index contributed by atoms with van der Waals surface area (Å²) in [5.41, 5.74) is 1.91. The molecule has 0 bridgehead atoms. The van der Waals surface area contributed by atoms with Crippen LogP contribution >= 0.6 is 11.8 Å². The van der Waals surface area contributed by atoms with E-state index in [4.69, 9.17) is 18.9 Å². The first-order valence-corrected chi connectivity index (χ1v) is 14.6. The fourth-order valence-electron chi connectivity index (χ4n) is 4.98. The lowest BCUT2D eigenvalue weighted by Crippen LogP contribution is -2.60. The molecular formula is C33H34O6S. The van der Waals surface area contributed by atoms with Crippen molar-refractivity contribution < 1.29 is 28.8 Å². The minimum absolute atomic E-state index is 0.258. The zero-order valence-corrected chi connectivity index (χ0v) is 23.2. The summed E-state index contributed by atoms with van der Waals surface area (Å²) in [6.07, 6.45) is -2.79. The molecule has 1 saturated heterocycles. The van der Waals surface area contributed by atoms with Gasteiger partial charge in [-0.3, -0.25) is 0 Å². The van der Waals surface area contributed by atoms with Crippen LogP contribution in [0.4, 0.5) is 0 Å². The summed E-state index contributed by atoms with van der Waals surface area (Å²) in [5.74, 6) is 0.272. The van der Waals surface area contributed by atoms with Crippen LogP contribution in [0.5, 0.6) is 0 Å². The minimum atomic E-state index is -0.762. The Morgan fingerprint density at radius 2 is 1.48 bits per heavy atom. The van der Waals surface area contributed by atoms with Gasteiger partial charge in [-0.2, -0.15) is 0 Å². The second-order valence-electron chi connectivity index (χ2n) is 9.59. The van der Waals surface area contributed by atoms with Crippen molar-refractivity contribution in [3.05, 3.63) is 120 Å². The lowest BCUT2D eigenvalue weighted by atomic mass is 9.98. The second-order valence-corrected chi connectivity index (χ2v) is 11.0. The lowest BCUT2D eigenvalue weighted by molar-refractivity contribution is -0.239. The highest BCUT2D eigenvalue weighted by Crippen LogP contribution is 2.35. The van der Waals surface area contributed by atoms with Crippen molar-refractivity contribution in [1.29, 1.82) is 0 Å². The largest absolute Gasteiger partial charge is 0.452 e. The van der Waals surface area contributed by atoms with E-state index in [2.05, 4.69) is 18.2 Å². The number of hydrogen-bond donors (Lipinski definition) is 1. The second kappa shape index (κ2) is 13.9. The molecule has 0 amide bonds. The average Bonchev–Trinajstić information content (AvgIpc) is 3.01. The molecule has 4 aromatic rings. The number of hydrogen-bond acceptors (Lipinski definition) is 7. The van der Waals surface area contributed by atoms with Gasteiger partial charge in [-0.05, 0) is 39.8 Å². The molecule has 6 nitrogen and oxygen atoms in total. The highest BCUT2D eigenvalue weighted by atomic mass is 32.2. The Kier molecular flexibility index (Phi) is 9.86. The summed E-state index contributed by atoms with van der Waals surface area (Å²) < 4.78 is 25.5. The fraction of sp³-hybridized carbons (Fsp3) is 0.303. The molecule has 4 aromatic carbocycles. The summed E-state index contributed by atoms with van der Waals surface area (Å²) in [6, 6.07) is 33.0. The highest BCUT2D eigenvalue weighted by molar-refractivity contribution is 7.99. The van der Waals surface area contributed by atoms with Crippen LogP contribution in [0.25, 0.3) is 10.8 Å². The molecule has 1 heterocycles. The van der Waals surface area contributed by atoms with E-state index in [0.29, 0.717) is 12.2 Å². The Hall–Kier alpha value is -3.20. The molecule has 1 aliphatic heterocycles. The maximum Gasteiger partial charge on any atom is 0.338 e. The van der Waals surface area contributed by atoms with E-state index in [9.17, 15) is 9.90 Å². The first-order valence-electron chi connectivity index (χ1n) is 13.6. The normalized spacial score (nSPS) is 22.7. The molecule has 5 rings (SSSR count). The molecular weight excluding hydrogens is 524 g/mol. The number of benzene rings is 4. The van der Waals surface area contributed by atoms with Crippen molar-refractivity contribution in [2.75, 3.05) is 12.4 Å². The number of rotatable bonds is 11. The number of fused-ring (bicyclic) bond motifs is 1. The average molecular weight is 559 g/mol. The van der Waals surface area contributed by atoms with Crippen LogP contribution in [-0.4, -0.2) is 53.3 Å². The molecule has 1 aliphatic rings. The Balaban J connectivity index is 1.45. The van der Waals surface area contributed by atoms with Gasteiger partial charge in [-0.1, -0.05) is 97.9 Å². The van der Waals surface area contributed by atoms with Crippen molar-refractivity contribution in [1.82, 2.24) is 0 Å². The third-order valence-electron chi connectivity index (χ3n) is 6.95. The zero-order chi connectivity index (χ0) is 27.7. The number of carbonyl (C=O) groups is 1. The van der Waals surface area contributed by atoms with Crippen LogP contribution in [0, 0.1) is 0 Å². The molecule has 1 N–H and O–H groups in total. The topological polar surface area (TPSA) is 74.2 Å². The van der Waals surface area contributed by atoms with Gasteiger partial charge in [0.1, 0.15) is 23.7 Å². The van der Waals surface area contributed by atoms with E-state index >= 15 is 0 Å². The molecule has 0 saturated carbocycles. The molecule has 5 atom stereocenters. The van der Waals surface area contributed by atoms with Crippen LogP contribution < -0.4 is 0 Å². The van der Waals surface area contributed by atoms with Crippen LogP contribution in [-0.2, 0) is 32.2 Å². The van der Waals surface area contributed by atoms with E-state index < -0.39 is 35.8 Å². The van der Waals surface area contributed by atoms with Crippen molar-refractivity contribution in [3.8, 4) is 0 Å². The number of aliphatic hydroxyl groups is 1. The maximum absolute atomic E-state index is 13.2. The first-order chi connectivity index (χ1) is 19.7. The molecule has 40 heavy (non-hydrogen) atoms. The molecule has 0 aliphatic carbocycles. The van der Waals surface area contributed by atoms with Gasteiger partial charge in [0.15, 0.2) is 6.10 Å². The van der Waals surface area contributed by atoms with Crippen LogP contribution in [0.2, 0.25) is 0 Å². The summed E-state index contributed by atoms with van der Waals surface area (Å²) in [5, 5.41) is 12.6. The quantitative estimate of drug-likeness (QED) is 0.226. The SMILES string of the molecule is CCS[C@@H]1O[C@H](CO)[C@@H](OCc2cccc3ccccc23)[C@H](OCc2ccccc2)[C@H]1OC(=O)c1ccccc1.